The number of aryl methyl sites for hydroxylation is 1. The first kappa shape index (κ1) is 21.0. The predicted molar refractivity (Wildman–Crippen MR) is 118 cm³/mol. The van der Waals surface area contributed by atoms with Crippen molar-refractivity contribution in [1.29, 1.82) is 0 Å². The quantitative estimate of drug-likeness (QED) is 0.512. The summed E-state index contributed by atoms with van der Waals surface area (Å²) in [5, 5.41) is 7.40. The minimum atomic E-state index is -0.250. The molecule has 29 heavy (non-hydrogen) atoms. The molecule has 2 atom stereocenters. The number of nitrogens with one attached hydrogen (secondary N) is 2. The van der Waals surface area contributed by atoms with Gasteiger partial charge in [0.25, 0.3) is 5.91 Å². The van der Waals surface area contributed by atoms with Gasteiger partial charge in [0.05, 0.1) is 17.4 Å². The van der Waals surface area contributed by atoms with Gasteiger partial charge in [0.1, 0.15) is 5.82 Å². The van der Waals surface area contributed by atoms with Crippen LogP contribution in [0.4, 0.5) is 5.82 Å². The molecular formula is C22H32N6O. The van der Waals surface area contributed by atoms with Crippen LogP contribution in [0.1, 0.15) is 62.6 Å². The third-order valence-corrected chi connectivity index (χ3v) is 5.15. The van der Waals surface area contributed by atoms with Gasteiger partial charge in [-0.3, -0.25) is 9.79 Å². The highest BCUT2D eigenvalue weighted by Crippen LogP contribution is 2.28. The van der Waals surface area contributed by atoms with Crippen LogP contribution in [0.5, 0.6) is 0 Å². The minimum Gasteiger partial charge on any atom is -0.388 e. The number of amidine groups is 1. The molecule has 1 amide bonds. The number of fused-ring (bicyclic) bond motifs is 1. The maximum absolute atomic E-state index is 12.6. The summed E-state index contributed by atoms with van der Waals surface area (Å²) in [6.45, 7) is 8.57. The number of anilines is 1. The SMILES string of the molecule is CC(N)=N[C@@H]1CCCC[C@@H]1Nc1nc(C(=O)NCC(C)C)nc2ccc(C)cc12. The molecule has 1 aromatic heterocycles. The summed E-state index contributed by atoms with van der Waals surface area (Å²) in [5.41, 5.74) is 7.73. The molecule has 4 N–H and O–H groups in total. The summed E-state index contributed by atoms with van der Waals surface area (Å²) in [7, 11) is 0. The second-order valence-corrected chi connectivity index (χ2v) is 8.39. The fourth-order valence-electron chi connectivity index (χ4n) is 3.70. The van der Waals surface area contributed by atoms with Crippen LogP contribution in [0.3, 0.4) is 0 Å². The van der Waals surface area contributed by atoms with Crippen LogP contribution in [0.2, 0.25) is 0 Å². The van der Waals surface area contributed by atoms with E-state index in [9.17, 15) is 4.79 Å². The Bertz CT molecular complexity index is 904. The third-order valence-electron chi connectivity index (χ3n) is 5.15. The topological polar surface area (TPSA) is 105 Å². The van der Waals surface area contributed by atoms with E-state index in [0.29, 0.717) is 24.1 Å². The number of aromatic nitrogens is 2. The van der Waals surface area contributed by atoms with Gasteiger partial charge >= 0.3 is 0 Å². The van der Waals surface area contributed by atoms with E-state index in [1.165, 1.54) is 0 Å². The van der Waals surface area contributed by atoms with E-state index in [1.54, 1.807) is 0 Å². The third kappa shape index (κ3) is 5.43. The number of hydrogen-bond donors (Lipinski definition) is 3. The van der Waals surface area contributed by atoms with Crippen molar-refractivity contribution in [3.8, 4) is 0 Å². The molecule has 0 saturated heterocycles. The van der Waals surface area contributed by atoms with Crippen LogP contribution in [-0.4, -0.2) is 40.3 Å². The molecule has 7 nitrogen and oxygen atoms in total. The predicted octanol–water partition coefficient (Wildman–Crippen LogP) is 3.42. The lowest BCUT2D eigenvalue weighted by molar-refractivity contribution is 0.0939. The highest BCUT2D eigenvalue weighted by atomic mass is 16.2. The molecule has 1 saturated carbocycles. The van der Waals surface area contributed by atoms with Gasteiger partial charge in [-0.05, 0) is 44.7 Å². The van der Waals surface area contributed by atoms with Gasteiger partial charge in [-0.1, -0.05) is 38.3 Å². The molecule has 156 valence electrons. The Hall–Kier alpha value is -2.70. The molecular weight excluding hydrogens is 364 g/mol. The zero-order chi connectivity index (χ0) is 21.0. The van der Waals surface area contributed by atoms with E-state index in [1.807, 2.05) is 26.0 Å². The second-order valence-electron chi connectivity index (χ2n) is 8.39. The molecule has 0 aliphatic heterocycles. The molecule has 1 heterocycles. The zero-order valence-corrected chi connectivity index (χ0v) is 17.8. The smallest absolute Gasteiger partial charge is 0.289 e. The van der Waals surface area contributed by atoms with E-state index < -0.39 is 0 Å². The van der Waals surface area contributed by atoms with Crippen molar-refractivity contribution in [2.75, 3.05) is 11.9 Å². The van der Waals surface area contributed by atoms with Gasteiger partial charge in [0.15, 0.2) is 0 Å². The first-order valence-electron chi connectivity index (χ1n) is 10.5. The number of amides is 1. The first-order valence-corrected chi connectivity index (χ1v) is 10.5. The lowest BCUT2D eigenvalue weighted by atomic mass is 9.90. The van der Waals surface area contributed by atoms with Gasteiger partial charge < -0.3 is 16.4 Å². The summed E-state index contributed by atoms with van der Waals surface area (Å²) >= 11 is 0. The van der Waals surface area contributed by atoms with Crippen LogP contribution >= 0.6 is 0 Å². The Morgan fingerprint density at radius 3 is 2.76 bits per heavy atom. The van der Waals surface area contributed by atoms with Crippen molar-refractivity contribution in [2.24, 2.45) is 16.6 Å². The molecule has 0 radical (unpaired) electrons. The van der Waals surface area contributed by atoms with Crippen LogP contribution < -0.4 is 16.4 Å². The monoisotopic (exact) mass is 396 g/mol. The Balaban J connectivity index is 1.96. The Kier molecular flexibility index (Phi) is 6.67. The zero-order valence-electron chi connectivity index (χ0n) is 17.8. The average molecular weight is 397 g/mol. The van der Waals surface area contributed by atoms with E-state index in [2.05, 4.69) is 45.5 Å². The first-order chi connectivity index (χ1) is 13.8. The van der Waals surface area contributed by atoms with Crippen molar-refractivity contribution >= 4 is 28.5 Å². The van der Waals surface area contributed by atoms with Crippen molar-refractivity contribution < 1.29 is 4.79 Å². The molecule has 0 unspecified atom stereocenters. The molecule has 7 heteroatoms. The summed E-state index contributed by atoms with van der Waals surface area (Å²) in [4.78, 5) is 26.4. The van der Waals surface area contributed by atoms with Gasteiger partial charge in [0.2, 0.25) is 5.82 Å². The van der Waals surface area contributed by atoms with E-state index in [4.69, 9.17) is 5.73 Å². The Morgan fingerprint density at radius 1 is 1.28 bits per heavy atom. The molecule has 2 aromatic rings. The molecule has 1 aliphatic rings. The molecule has 1 fully saturated rings. The van der Waals surface area contributed by atoms with Crippen molar-refractivity contribution in [3.05, 3.63) is 29.6 Å². The molecule has 3 rings (SSSR count). The largest absolute Gasteiger partial charge is 0.388 e. The van der Waals surface area contributed by atoms with E-state index in [0.717, 1.165) is 42.1 Å². The maximum atomic E-state index is 12.6. The van der Waals surface area contributed by atoms with Crippen LogP contribution in [-0.2, 0) is 0 Å². The Morgan fingerprint density at radius 2 is 2.03 bits per heavy atom. The summed E-state index contributed by atoms with van der Waals surface area (Å²) in [6.07, 6.45) is 4.27. The number of aliphatic imine (C=N–C) groups is 1. The van der Waals surface area contributed by atoms with E-state index >= 15 is 0 Å². The fourth-order valence-corrected chi connectivity index (χ4v) is 3.70. The molecule has 0 bridgehead atoms. The average Bonchev–Trinajstić information content (AvgIpc) is 2.67. The number of hydrogen-bond acceptors (Lipinski definition) is 5. The normalized spacial score (nSPS) is 20.1. The van der Waals surface area contributed by atoms with Crippen LogP contribution in [0.15, 0.2) is 23.2 Å². The van der Waals surface area contributed by atoms with Crippen molar-refractivity contribution in [2.45, 2.75) is 65.5 Å². The van der Waals surface area contributed by atoms with Crippen molar-refractivity contribution in [1.82, 2.24) is 15.3 Å². The number of rotatable bonds is 6. The number of nitrogens with two attached hydrogens (primary N) is 1. The van der Waals surface area contributed by atoms with E-state index in [-0.39, 0.29) is 23.8 Å². The van der Waals surface area contributed by atoms with Gasteiger partial charge in [-0.25, -0.2) is 9.97 Å². The second kappa shape index (κ2) is 9.20. The molecule has 0 spiro atoms. The summed E-state index contributed by atoms with van der Waals surface area (Å²) < 4.78 is 0. The number of nitrogens with zero attached hydrogens (tertiary/aromatic N) is 3. The van der Waals surface area contributed by atoms with Gasteiger partial charge in [0, 0.05) is 18.0 Å². The standard InChI is InChI=1S/C22H32N6O/c1-13(2)12-24-22(29)21-26-17-10-9-14(3)11-16(17)20(28-21)27-19-8-6-5-7-18(19)25-15(4)23/h9-11,13,18-19H,5-8,12H2,1-4H3,(H2,23,25)(H,24,29)(H,26,27,28)/t18-,19+/m1/s1. The molecule has 1 aromatic carbocycles. The van der Waals surface area contributed by atoms with Gasteiger partial charge in [-0.2, -0.15) is 0 Å². The van der Waals surface area contributed by atoms with Crippen LogP contribution in [0.25, 0.3) is 10.9 Å². The fraction of sp³-hybridized carbons (Fsp3) is 0.545. The maximum Gasteiger partial charge on any atom is 0.289 e. The van der Waals surface area contributed by atoms with Crippen molar-refractivity contribution in [3.63, 3.8) is 0 Å². The lowest BCUT2D eigenvalue weighted by Crippen LogP contribution is -2.37. The summed E-state index contributed by atoms with van der Waals surface area (Å²) in [5.74, 6) is 1.59. The highest BCUT2D eigenvalue weighted by molar-refractivity contribution is 5.96. The number of carbonyl (C=O) groups excluding carboxylic acids is 1. The minimum absolute atomic E-state index is 0.113. The van der Waals surface area contributed by atoms with Crippen LogP contribution in [0, 0.1) is 12.8 Å². The van der Waals surface area contributed by atoms with Gasteiger partial charge in [-0.15, -0.1) is 0 Å². The molecule has 1 aliphatic carbocycles. The highest BCUT2D eigenvalue weighted by Gasteiger charge is 2.26. The number of carbonyl (C=O) groups is 1. The summed E-state index contributed by atoms with van der Waals surface area (Å²) in [6, 6.07) is 6.25. The number of benzene rings is 1. The lowest BCUT2D eigenvalue weighted by Gasteiger charge is -2.30. The Labute approximate surface area is 172 Å².